The minimum atomic E-state index is 0.0871. The van der Waals surface area contributed by atoms with Gasteiger partial charge < -0.3 is 9.64 Å². The van der Waals surface area contributed by atoms with Gasteiger partial charge >= 0.3 is 0 Å². The van der Waals surface area contributed by atoms with E-state index >= 15 is 0 Å². The summed E-state index contributed by atoms with van der Waals surface area (Å²) >= 11 is 1.64. The molecular formula is C13H14N6OS. The van der Waals surface area contributed by atoms with E-state index in [0.29, 0.717) is 13.2 Å². The van der Waals surface area contributed by atoms with Gasteiger partial charge in [0, 0.05) is 13.1 Å². The van der Waals surface area contributed by atoms with E-state index < -0.39 is 0 Å². The fraction of sp³-hybridized carbons (Fsp3) is 0.385. The number of thiophene rings is 1. The van der Waals surface area contributed by atoms with Crippen LogP contribution < -0.4 is 4.90 Å². The Bertz CT molecular complexity index is 727. The van der Waals surface area contributed by atoms with Gasteiger partial charge in [-0.05, 0) is 11.4 Å². The Hall–Kier alpha value is -2.06. The molecule has 21 heavy (non-hydrogen) atoms. The third-order valence-corrected chi connectivity index (χ3v) is 4.36. The Morgan fingerprint density at radius 2 is 2.33 bits per heavy atom. The molecule has 0 N–H and O–H groups in total. The fourth-order valence-electron chi connectivity index (χ4n) is 2.59. The van der Waals surface area contributed by atoms with Crippen molar-refractivity contribution >= 4 is 27.4 Å². The Morgan fingerprint density at radius 1 is 1.33 bits per heavy atom. The first kappa shape index (κ1) is 12.7. The third kappa shape index (κ3) is 2.47. The summed E-state index contributed by atoms with van der Waals surface area (Å²) in [7, 11) is 0. The molecule has 4 rings (SSSR count). The van der Waals surface area contributed by atoms with Crippen molar-refractivity contribution in [1.29, 1.82) is 0 Å². The van der Waals surface area contributed by atoms with Gasteiger partial charge in [0.2, 0.25) is 0 Å². The second-order valence-corrected chi connectivity index (χ2v) is 5.79. The van der Waals surface area contributed by atoms with Gasteiger partial charge in [0.1, 0.15) is 29.6 Å². The maximum atomic E-state index is 5.83. The molecule has 0 aromatic carbocycles. The van der Waals surface area contributed by atoms with Gasteiger partial charge in [-0.15, -0.1) is 11.3 Å². The van der Waals surface area contributed by atoms with Crippen LogP contribution in [0.2, 0.25) is 0 Å². The summed E-state index contributed by atoms with van der Waals surface area (Å²) in [5.74, 6) is 0.994. The average Bonchev–Trinajstić information content (AvgIpc) is 3.18. The van der Waals surface area contributed by atoms with Crippen LogP contribution in [-0.2, 0) is 11.3 Å². The van der Waals surface area contributed by atoms with Crippen LogP contribution in [0.4, 0.5) is 5.82 Å². The van der Waals surface area contributed by atoms with E-state index in [-0.39, 0.29) is 6.10 Å². The van der Waals surface area contributed by atoms with Crippen molar-refractivity contribution in [2.24, 2.45) is 0 Å². The number of anilines is 1. The molecule has 0 radical (unpaired) electrons. The summed E-state index contributed by atoms with van der Waals surface area (Å²) in [4.78, 5) is 16.0. The molecule has 0 amide bonds. The van der Waals surface area contributed by atoms with Crippen molar-refractivity contribution < 1.29 is 4.74 Å². The van der Waals surface area contributed by atoms with E-state index in [9.17, 15) is 0 Å². The lowest BCUT2D eigenvalue weighted by atomic mass is 10.2. The normalized spacial score (nSPS) is 19.2. The largest absolute Gasteiger partial charge is 0.373 e. The van der Waals surface area contributed by atoms with E-state index in [2.05, 4.69) is 36.4 Å². The SMILES string of the molecule is c1nc(N2CCO[C@@H](Cn3cncn3)C2)c2ccsc2n1. The topological polar surface area (TPSA) is 69.0 Å². The zero-order valence-corrected chi connectivity index (χ0v) is 12.1. The summed E-state index contributed by atoms with van der Waals surface area (Å²) in [6.45, 7) is 3.03. The molecule has 0 saturated carbocycles. The first-order valence-corrected chi connectivity index (χ1v) is 7.65. The highest BCUT2D eigenvalue weighted by Gasteiger charge is 2.23. The second kappa shape index (κ2) is 5.38. The second-order valence-electron chi connectivity index (χ2n) is 4.89. The van der Waals surface area contributed by atoms with Crippen LogP contribution in [0, 0.1) is 0 Å². The zero-order valence-electron chi connectivity index (χ0n) is 11.3. The quantitative estimate of drug-likeness (QED) is 0.724. The lowest BCUT2D eigenvalue weighted by Crippen LogP contribution is -2.44. The summed E-state index contributed by atoms with van der Waals surface area (Å²) in [6, 6.07) is 2.08. The number of nitrogens with zero attached hydrogens (tertiary/aromatic N) is 6. The van der Waals surface area contributed by atoms with E-state index in [1.54, 1.807) is 35.0 Å². The highest BCUT2D eigenvalue weighted by molar-refractivity contribution is 7.16. The Morgan fingerprint density at radius 3 is 3.24 bits per heavy atom. The van der Waals surface area contributed by atoms with Crippen LogP contribution in [0.5, 0.6) is 0 Å². The summed E-state index contributed by atoms with van der Waals surface area (Å²) in [6.07, 6.45) is 4.98. The van der Waals surface area contributed by atoms with Gasteiger partial charge in [0.05, 0.1) is 24.6 Å². The molecule has 1 fully saturated rings. The van der Waals surface area contributed by atoms with Gasteiger partial charge in [0.25, 0.3) is 0 Å². The predicted molar refractivity (Wildman–Crippen MR) is 79.4 cm³/mol. The van der Waals surface area contributed by atoms with E-state index in [1.807, 2.05) is 0 Å². The lowest BCUT2D eigenvalue weighted by molar-refractivity contribution is 0.0272. The average molecular weight is 302 g/mol. The molecule has 7 nitrogen and oxygen atoms in total. The standard InChI is InChI=1S/C13H14N6OS/c1-4-21-13-11(1)12(15-8-16-13)18-2-3-20-10(5-18)6-19-9-14-7-17-19/h1,4,7-10H,2-3,5-6H2/t10-/m1/s1. The summed E-state index contributed by atoms with van der Waals surface area (Å²) < 4.78 is 7.63. The van der Waals surface area contributed by atoms with Gasteiger partial charge in [-0.1, -0.05) is 0 Å². The number of hydrogen-bond acceptors (Lipinski definition) is 7. The van der Waals surface area contributed by atoms with Crippen LogP contribution in [0.25, 0.3) is 10.2 Å². The van der Waals surface area contributed by atoms with Gasteiger partial charge in [-0.25, -0.2) is 15.0 Å². The number of aromatic nitrogens is 5. The van der Waals surface area contributed by atoms with E-state index in [4.69, 9.17) is 4.74 Å². The van der Waals surface area contributed by atoms with Crippen LogP contribution in [0.1, 0.15) is 0 Å². The zero-order chi connectivity index (χ0) is 14.1. The van der Waals surface area contributed by atoms with Crippen molar-refractivity contribution in [3.8, 4) is 0 Å². The van der Waals surface area contributed by atoms with Gasteiger partial charge in [-0.2, -0.15) is 5.10 Å². The van der Waals surface area contributed by atoms with Crippen molar-refractivity contribution in [2.75, 3.05) is 24.6 Å². The highest BCUT2D eigenvalue weighted by Crippen LogP contribution is 2.27. The minimum Gasteiger partial charge on any atom is -0.373 e. The monoisotopic (exact) mass is 302 g/mol. The molecule has 8 heteroatoms. The minimum absolute atomic E-state index is 0.0871. The van der Waals surface area contributed by atoms with Crippen molar-refractivity contribution in [1.82, 2.24) is 24.7 Å². The molecule has 3 aromatic rings. The molecule has 1 aliphatic rings. The van der Waals surface area contributed by atoms with Gasteiger partial charge in [-0.3, -0.25) is 4.68 Å². The first-order valence-electron chi connectivity index (χ1n) is 6.77. The predicted octanol–water partition coefficient (Wildman–Crippen LogP) is 1.19. The fourth-order valence-corrected chi connectivity index (χ4v) is 3.31. The van der Waals surface area contributed by atoms with Crippen LogP contribution in [-0.4, -0.2) is 50.5 Å². The number of rotatable bonds is 3. The molecule has 108 valence electrons. The van der Waals surface area contributed by atoms with Crippen molar-refractivity contribution in [3.63, 3.8) is 0 Å². The van der Waals surface area contributed by atoms with Crippen LogP contribution in [0.15, 0.2) is 30.4 Å². The maximum Gasteiger partial charge on any atom is 0.140 e. The van der Waals surface area contributed by atoms with E-state index in [0.717, 1.165) is 29.1 Å². The van der Waals surface area contributed by atoms with Crippen molar-refractivity contribution in [2.45, 2.75) is 12.6 Å². The number of morpholine rings is 1. The summed E-state index contributed by atoms with van der Waals surface area (Å²) in [5.41, 5.74) is 0. The molecule has 1 atom stereocenters. The van der Waals surface area contributed by atoms with Crippen molar-refractivity contribution in [3.05, 3.63) is 30.4 Å². The number of fused-ring (bicyclic) bond motifs is 1. The molecule has 0 aliphatic carbocycles. The number of ether oxygens (including phenoxy) is 1. The maximum absolute atomic E-state index is 5.83. The Balaban J connectivity index is 1.56. The Labute approximate surface area is 125 Å². The summed E-state index contributed by atoms with van der Waals surface area (Å²) in [5, 5.41) is 7.30. The smallest absolute Gasteiger partial charge is 0.140 e. The molecule has 0 bridgehead atoms. The Kier molecular flexibility index (Phi) is 3.24. The molecule has 0 spiro atoms. The molecule has 1 saturated heterocycles. The molecule has 4 heterocycles. The molecule has 1 aliphatic heterocycles. The molecule has 0 unspecified atom stereocenters. The van der Waals surface area contributed by atoms with Gasteiger partial charge in [0.15, 0.2) is 0 Å². The first-order chi connectivity index (χ1) is 10.4. The van der Waals surface area contributed by atoms with Crippen LogP contribution >= 0.6 is 11.3 Å². The molecule has 3 aromatic heterocycles. The van der Waals surface area contributed by atoms with E-state index in [1.165, 1.54) is 0 Å². The number of hydrogen-bond donors (Lipinski definition) is 0. The third-order valence-electron chi connectivity index (χ3n) is 3.54. The molecular weight excluding hydrogens is 288 g/mol. The highest BCUT2D eigenvalue weighted by atomic mass is 32.1. The lowest BCUT2D eigenvalue weighted by Gasteiger charge is -2.33. The van der Waals surface area contributed by atoms with Crippen LogP contribution in [0.3, 0.4) is 0 Å².